The van der Waals surface area contributed by atoms with Crippen LogP contribution >= 0.6 is 0 Å². The Kier molecular flexibility index (Phi) is 11.1. The SMILES string of the molecule is C=C[C@@H](OCc1ccccc1)[C@H](OCc1ccccc1)[C@](C=C)(COCc1ccccc1)O[Si](C)(C)C. The first-order valence-electron chi connectivity index (χ1n) is 12.7. The lowest BCUT2D eigenvalue weighted by Crippen LogP contribution is -2.58. The van der Waals surface area contributed by atoms with Gasteiger partial charge in [-0.3, -0.25) is 0 Å². The molecule has 3 atom stereocenters. The molecule has 196 valence electrons. The van der Waals surface area contributed by atoms with E-state index in [1.165, 1.54) is 0 Å². The van der Waals surface area contributed by atoms with Gasteiger partial charge in [-0.15, -0.1) is 13.2 Å². The van der Waals surface area contributed by atoms with E-state index in [2.05, 4.69) is 32.8 Å². The van der Waals surface area contributed by atoms with Gasteiger partial charge in [0.1, 0.15) is 17.8 Å². The quantitative estimate of drug-likeness (QED) is 0.147. The third-order valence-corrected chi connectivity index (χ3v) is 6.84. The van der Waals surface area contributed by atoms with Gasteiger partial charge in [0, 0.05) is 0 Å². The Hall–Kier alpha value is -2.80. The van der Waals surface area contributed by atoms with E-state index in [9.17, 15) is 0 Å². The van der Waals surface area contributed by atoms with Crippen molar-refractivity contribution in [2.45, 2.75) is 57.3 Å². The Morgan fingerprint density at radius 1 is 0.703 bits per heavy atom. The maximum absolute atomic E-state index is 6.84. The fraction of sp³-hybridized carbons (Fsp3) is 0.312. The molecule has 37 heavy (non-hydrogen) atoms. The van der Waals surface area contributed by atoms with Crippen LogP contribution in [-0.4, -0.2) is 32.7 Å². The minimum Gasteiger partial charge on any atom is -0.404 e. The van der Waals surface area contributed by atoms with Crippen molar-refractivity contribution >= 4 is 8.32 Å². The molecule has 0 amide bonds. The largest absolute Gasteiger partial charge is 0.404 e. The molecule has 0 bridgehead atoms. The highest BCUT2D eigenvalue weighted by Crippen LogP contribution is 2.31. The Morgan fingerprint density at radius 2 is 1.16 bits per heavy atom. The van der Waals surface area contributed by atoms with Gasteiger partial charge in [-0.2, -0.15) is 0 Å². The molecule has 0 fully saturated rings. The van der Waals surface area contributed by atoms with Crippen LogP contribution in [0.1, 0.15) is 16.7 Å². The van der Waals surface area contributed by atoms with Crippen molar-refractivity contribution in [2.24, 2.45) is 0 Å². The standard InChI is InChI=1S/C32H40O4Si/c1-6-30(34-24-28-19-13-9-14-20-28)31(35-25-29-21-15-10-16-22-29)32(7-2,36-37(3,4)5)26-33-23-27-17-11-8-12-18-27/h6-22,30-31H,1-2,23-26H2,3-5H3/t30-,31+,32+/m1/s1. The molecule has 0 aliphatic carbocycles. The summed E-state index contributed by atoms with van der Waals surface area (Å²) in [4.78, 5) is 0. The van der Waals surface area contributed by atoms with Gasteiger partial charge < -0.3 is 18.6 Å². The van der Waals surface area contributed by atoms with Gasteiger partial charge in [0.15, 0.2) is 8.32 Å². The second-order valence-electron chi connectivity index (χ2n) is 10.1. The van der Waals surface area contributed by atoms with Crippen LogP contribution in [0.5, 0.6) is 0 Å². The van der Waals surface area contributed by atoms with Gasteiger partial charge in [0.2, 0.25) is 0 Å². The summed E-state index contributed by atoms with van der Waals surface area (Å²) in [6.07, 6.45) is 2.63. The summed E-state index contributed by atoms with van der Waals surface area (Å²) in [6, 6.07) is 30.3. The summed E-state index contributed by atoms with van der Waals surface area (Å²) in [6.45, 7) is 16.3. The molecular weight excluding hydrogens is 476 g/mol. The van der Waals surface area contributed by atoms with E-state index in [0.29, 0.717) is 19.8 Å². The first-order chi connectivity index (χ1) is 17.8. The molecule has 3 aromatic carbocycles. The zero-order valence-corrected chi connectivity index (χ0v) is 23.3. The number of hydrogen-bond acceptors (Lipinski definition) is 4. The van der Waals surface area contributed by atoms with Crippen molar-refractivity contribution in [2.75, 3.05) is 6.61 Å². The van der Waals surface area contributed by atoms with E-state index in [1.54, 1.807) is 6.08 Å². The van der Waals surface area contributed by atoms with Crippen molar-refractivity contribution in [3.63, 3.8) is 0 Å². The highest BCUT2D eigenvalue weighted by Gasteiger charge is 2.46. The van der Waals surface area contributed by atoms with Crippen LogP contribution < -0.4 is 0 Å². The van der Waals surface area contributed by atoms with E-state index in [1.807, 2.05) is 97.1 Å². The van der Waals surface area contributed by atoms with Crippen LogP contribution in [0.15, 0.2) is 116 Å². The molecule has 0 heterocycles. The lowest BCUT2D eigenvalue weighted by atomic mass is 9.92. The second kappa shape index (κ2) is 14.2. The summed E-state index contributed by atoms with van der Waals surface area (Å²) < 4.78 is 26.1. The zero-order chi connectivity index (χ0) is 26.6. The Bertz CT molecular complexity index is 1070. The summed E-state index contributed by atoms with van der Waals surface area (Å²) in [5, 5.41) is 0. The van der Waals surface area contributed by atoms with Crippen LogP contribution in [0.3, 0.4) is 0 Å². The van der Waals surface area contributed by atoms with Gasteiger partial charge in [-0.25, -0.2) is 0 Å². The van der Waals surface area contributed by atoms with E-state index >= 15 is 0 Å². The first-order valence-corrected chi connectivity index (χ1v) is 16.1. The molecule has 3 aromatic rings. The molecule has 0 saturated heterocycles. The number of benzene rings is 3. The number of hydrogen-bond donors (Lipinski definition) is 0. The normalized spacial score (nSPS) is 14.9. The van der Waals surface area contributed by atoms with Crippen molar-refractivity contribution in [3.05, 3.63) is 133 Å². The van der Waals surface area contributed by atoms with Crippen molar-refractivity contribution in [1.29, 1.82) is 0 Å². The summed E-state index contributed by atoms with van der Waals surface area (Å²) in [5.74, 6) is 0. The monoisotopic (exact) mass is 516 g/mol. The van der Waals surface area contributed by atoms with E-state index in [-0.39, 0.29) is 6.61 Å². The molecule has 0 saturated carbocycles. The third kappa shape index (κ3) is 9.22. The van der Waals surface area contributed by atoms with Crippen LogP contribution in [-0.2, 0) is 38.5 Å². The molecule has 0 radical (unpaired) electrons. The molecule has 5 heteroatoms. The van der Waals surface area contributed by atoms with E-state index in [0.717, 1.165) is 16.7 Å². The predicted octanol–water partition coefficient (Wildman–Crippen LogP) is 7.34. The molecule has 0 unspecified atom stereocenters. The van der Waals surface area contributed by atoms with Gasteiger partial charge in [0.05, 0.1) is 26.4 Å². The highest BCUT2D eigenvalue weighted by atomic mass is 28.4. The van der Waals surface area contributed by atoms with Crippen LogP contribution in [0, 0.1) is 0 Å². The molecule has 3 rings (SSSR count). The topological polar surface area (TPSA) is 36.9 Å². The fourth-order valence-corrected chi connectivity index (χ4v) is 5.58. The average Bonchev–Trinajstić information content (AvgIpc) is 2.91. The Balaban J connectivity index is 1.90. The van der Waals surface area contributed by atoms with Gasteiger partial charge in [-0.05, 0) is 36.3 Å². The van der Waals surface area contributed by atoms with Crippen molar-refractivity contribution < 1.29 is 18.6 Å². The first kappa shape index (κ1) is 28.8. The van der Waals surface area contributed by atoms with Crippen LogP contribution in [0.2, 0.25) is 19.6 Å². The molecule has 0 aliphatic rings. The summed E-state index contributed by atoms with van der Waals surface area (Å²) in [7, 11) is -2.08. The Morgan fingerprint density at radius 3 is 1.59 bits per heavy atom. The lowest BCUT2D eigenvalue weighted by Gasteiger charge is -2.44. The molecular formula is C32H40O4Si. The molecule has 0 spiro atoms. The van der Waals surface area contributed by atoms with Gasteiger partial charge in [-0.1, -0.05) is 103 Å². The van der Waals surface area contributed by atoms with Gasteiger partial charge >= 0.3 is 0 Å². The molecule has 0 aliphatic heterocycles. The van der Waals surface area contributed by atoms with Crippen molar-refractivity contribution in [3.8, 4) is 0 Å². The van der Waals surface area contributed by atoms with Crippen molar-refractivity contribution in [1.82, 2.24) is 0 Å². The second-order valence-corrected chi connectivity index (χ2v) is 14.5. The van der Waals surface area contributed by atoms with Crippen LogP contribution in [0.25, 0.3) is 0 Å². The highest BCUT2D eigenvalue weighted by molar-refractivity contribution is 6.69. The molecule has 0 aromatic heterocycles. The number of rotatable bonds is 16. The van der Waals surface area contributed by atoms with E-state index in [4.69, 9.17) is 18.6 Å². The summed E-state index contributed by atoms with van der Waals surface area (Å²) >= 11 is 0. The van der Waals surface area contributed by atoms with E-state index < -0.39 is 26.1 Å². The smallest absolute Gasteiger partial charge is 0.185 e. The molecule has 4 nitrogen and oxygen atoms in total. The zero-order valence-electron chi connectivity index (χ0n) is 22.3. The average molecular weight is 517 g/mol. The minimum atomic E-state index is -2.08. The van der Waals surface area contributed by atoms with Crippen LogP contribution in [0.4, 0.5) is 0 Å². The predicted molar refractivity (Wildman–Crippen MR) is 154 cm³/mol. The maximum Gasteiger partial charge on any atom is 0.185 e. The third-order valence-electron chi connectivity index (χ3n) is 5.85. The Labute approximate surface area is 223 Å². The minimum absolute atomic E-state index is 0.272. The maximum atomic E-state index is 6.84. The number of ether oxygens (including phenoxy) is 3. The fourth-order valence-electron chi connectivity index (χ4n) is 4.18. The molecule has 0 N–H and O–H groups in total. The lowest BCUT2D eigenvalue weighted by molar-refractivity contribution is -0.159. The van der Waals surface area contributed by atoms with Gasteiger partial charge in [0.25, 0.3) is 0 Å². The summed E-state index contributed by atoms with van der Waals surface area (Å²) in [5.41, 5.74) is 2.29.